The Morgan fingerprint density at radius 1 is 1.02 bits per heavy atom. The summed E-state index contributed by atoms with van der Waals surface area (Å²) >= 11 is 6.07. The predicted octanol–water partition coefficient (Wildman–Crippen LogP) is 5.58. The fourth-order valence-corrected chi connectivity index (χ4v) is 6.72. The molecule has 222 valence electrons. The molecular formula is C32H34ClN7O3. The molecule has 1 unspecified atom stereocenters. The molecule has 0 spiro atoms. The lowest BCUT2D eigenvalue weighted by atomic mass is 9.85. The molecule has 2 fully saturated rings. The number of nitrogens with zero attached hydrogens (tertiary/aromatic N) is 6. The van der Waals surface area contributed by atoms with E-state index in [1.165, 1.54) is 0 Å². The van der Waals surface area contributed by atoms with E-state index < -0.39 is 0 Å². The van der Waals surface area contributed by atoms with Gasteiger partial charge in [0.2, 0.25) is 0 Å². The van der Waals surface area contributed by atoms with E-state index >= 15 is 0 Å². The highest BCUT2D eigenvalue weighted by molar-refractivity contribution is 6.30. The maximum absolute atomic E-state index is 14.0. The van der Waals surface area contributed by atoms with E-state index in [2.05, 4.69) is 15.4 Å². The summed E-state index contributed by atoms with van der Waals surface area (Å²) in [5.41, 5.74) is 4.32. The van der Waals surface area contributed by atoms with E-state index in [9.17, 15) is 9.59 Å². The number of nitrogens with one attached hydrogen (secondary N) is 1. The molecule has 1 aliphatic carbocycles. The highest BCUT2D eigenvalue weighted by atomic mass is 35.5. The van der Waals surface area contributed by atoms with Crippen LogP contribution in [0.25, 0.3) is 27.8 Å². The summed E-state index contributed by atoms with van der Waals surface area (Å²) in [6.45, 7) is 3.16. The maximum atomic E-state index is 14.0. The molecular weight excluding hydrogens is 566 g/mol. The van der Waals surface area contributed by atoms with Gasteiger partial charge >= 0.3 is 5.69 Å². The number of aromatic nitrogens is 6. The number of hydrogen-bond acceptors (Lipinski definition) is 6. The van der Waals surface area contributed by atoms with Gasteiger partial charge in [0.25, 0.3) is 5.91 Å². The van der Waals surface area contributed by atoms with Crippen LogP contribution in [0.2, 0.25) is 5.02 Å². The lowest BCUT2D eigenvalue weighted by molar-refractivity contribution is -0.0370. The van der Waals surface area contributed by atoms with E-state index in [1.807, 2.05) is 46.5 Å². The van der Waals surface area contributed by atoms with E-state index in [0.29, 0.717) is 34.4 Å². The summed E-state index contributed by atoms with van der Waals surface area (Å²) in [7, 11) is 0. The Labute approximate surface area is 253 Å². The van der Waals surface area contributed by atoms with Crippen LogP contribution in [0.3, 0.4) is 0 Å². The number of carbonyl (C=O) groups is 1. The number of benzene rings is 1. The van der Waals surface area contributed by atoms with Gasteiger partial charge in [-0.3, -0.25) is 18.9 Å². The summed E-state index contributed by atoms with van der Waals surface area (Å²) < 4.78 is 11.4. The van der Waals surface area contributed by atoms with Crippen molar-refractivity contribution in [3.63, 3.8) is 0 Å². The minimum atomic E-state index is -0.141. The zero-order valence-corrected chi connectivity index (χ0v) is 24.8. The van der Waals surface area contributed by atoms with Gasteiger partial charge in [-0.2, -0.15) is 5.10 Å². The summed E-state index contributed by atoms with van der Waals surface area (Å²) in [5, 5.41) is 9.05. The van der Waals surface area contributed by atoms with Crippen LogP contribution in [0.4, 0.5) is 0 Å². The van der Waals surface area contributed by atoms with Crippen LogP contribution >= 0.6 is 11.6 Å². The van der Waals surface area contributed by atoms with Crippen LogP contribution in [0.5, 0.6) is 0 Å². The van der Waals surface area contributed by atoms with Gasteiger partial charge in [0.05, 0.1) is 45.4 Å². The smallest absolute Gasteiger partial charge is 0.333 e. The minimum Gasteiger partial charge on any atom is -0.356 e. The standard InChI is InChI=1S/C32H34ClN7O3/c1-20-26(15-23(33)17-34-20)31(41)37-24-11-9-21(10-12-24)19-38-27-6-2-3-7-28(27)39(32(38)42)25-14-22-16-36-40(30(22)35-18-25)29-8-4-5-13-43-29/h2-3,6-7,14-18,21,24,29H,4-5,8-13,19H2,1H3,(H,37,41). The van der Waals surface area contributed by atoms with E-state index in [4.69, 9.17) is 21.3 Å². The van der Waals surface area contributed by atoms with E-state index in [-0.39, 0.29) is 23.9 Å². The second-order valence-corrected chi connectivity index (χ2v) is 12.1. The van der Waals surface area contributed by atoms with Crippen molar-refractivity contribution in [2.45, 2.75) is 70.7 Å². The molecule has 1 atom stereocenters. The summed E-state index contributed by atoms with van der Waals surface area (Å²) in [6, 6.07) is 11.6. The second-order valence-electron chi connectivity index (χ2n) is 11.7. The van der Waals surface area contributed by atoms with Crippen LogP contribution in [0.1, 0.15) is 67.2 Å². The second kappa shape index (κ2) is 11.6. The molecule has 1 saturated carbocycles. The number of rotatable bonds is 6. The first-order valence-corrected chi connectivity index (χ1v) is 15.4. The first-order chi connectivity index (χ1) is 21.0. The van der Waals surface area contributed by atoms with Gasteiger partial charge in [0.15, 0.2) is 11.9 Å². The van der Waals surface area contributed by atoms with Crippen LogP contribution in [0.15, 0.2) is 59.8 Å². The number of ether oxygens (including phenoxy) is 1. The van der Waals surface area contributed by atoms with Crippen molar-refractivity contribution in [3.05, 3.63) is 81.8 Å². The van der Waals surface area contributed by atoms with Crippen molar-refractivity contribution in [2.75, 3.05) is 6.61 Å². The van der Waals surface area contributed by atoms with Crippen molar-refractivity contribution < 1.29 is 9.53 Å². The summed E-state index contributed by atoms with van der Waals surface area (Å²) in [4.78, 5) is 35.8. The average molecular weight is 600 g/mol. The lowest BCUT2D eigenvalue weighted by Crippen LogP contribution is -2.39. The Morgan fingerprint density at radius 2 is 1.84 bits per heavy atom. The Bertz CT molecular complexity index is 1860. The van der Waals surface area contributed by atoms with Crippen LogP contribution in [-0.2, 0) is 11.3 Å². The number of aryl methyl sites for hydroxylation is 1. The highest BCUT2D eigenvalue weighted by Crippen LogP contribution is 2.29. The van der Waals surface area contributed by atoms with Crippen molar-refractivity contribution in [1.29, 1.82) is 0 Å². The van der Waals surface area contributed by atoms with Gasteiger partial charge in [0.1, 0.15) is 0 Å². The van der Waals surface area contributed by atoms with Gasteiger partial charge in [-0.1, -0.05) is 23.7 Å². The Balaban J connectivity index is 1.10. The van der Waals surface area contributed by atoms with E-state index in [0.717, 1.165) is 73.6 Å². The number of fused-ring (bicyclic) bond motifs is 2. The lowest BCUT2D eigenvalue weighted by Gasteiger charge is -2.29. The third-order valence-corrected chi connectivity index (χ3v) is 9.07. The molecule has 7 rings (SSSR count). The molecule has 1 N–H and O–H groups in total. The zero-order chi connectivity index (χ0) is 29.5. The molecule has 11 heteroatoms. The van der Waals surface area contributed by atoms with Crippen LogP contribution < -0.4 is 11.0 Å². The van der Waals surface area contributed by atoms with Gasteiger partial charge in [-0.05, 0) is 82.1 Å². The SMILES string of the molecule is Cc1ncc(Cl)cc1C(=O)NC1CCC(Cn2c(=O)n(-c3cnc4c(cnn4C4CCCCO4)c3)c3ccccc32)CC1. The third-order valence-electron chi connectivity index (χ3n) is 8.86. The number of amides is 1. The first-order valence-electron chi connectivity index (χ1n) is 15.0. The first kappa shape index (κ1) is 27.8. The number of halogens is 1. The molecule has 0 bridgehead atoms. The average Bonchev–Trinajstić information content (AvgIpc) is 3.57. The molecule has 1 saturated heterocycles. The molecule has 4 aromatic heterocycles. The molecule has 43 heavy (non-hydrogen) atoms. The predicted molar refractivity (Wildman–Crippen MR) is 165 cm³/mol. The van der Waals surface area contributed by atoms with E-state index in [1.54, 1.807) is 29.2 Å². The minimum absolute atomic E-state index is 0.0790. The number of pyridine rings is 2. The van der Waals surface area contributed by atoms with Crippen molar-refractivity contribution >= 4 is 39.6 Å². The van der Waals surface area contributed by atoms with Crippen LogP contribution in [0, 0.1) is 12.8 Å². The molecule has 1 aliphatic heterocycles. The number of para-hydroxylation sites is 2. The van der Waals surface area contributed by atoms with Crippen molar-refractivity contribution in [2.24, 2.45) is 5.92 Å². The summed E-state index contributed by atoms with van der Waals surface area (Å²) in [6.07, 6.45) is 11.6. The molecule has 1 aromatic carbocycles. The summed E-state index contributed by atoms with van der Waals surface area (Å²) in [5.74, 6) is 0.187. The number of hydrogen-bond donors (Lipinski definition) is 1. The zero-order valence-electron chi connectivity index (χ0n) is 24.1. The fourth-order valence-electron chi connectivity index (χ4n) is 6.56. The third kappa shape index (κ3) is 5.34. The maximum Gasteiger partial charge on any atom is 0.333 e. The topological polar surface area (TPSA) is 109 Å². The number of carbonyl (C=O) groups excluding carboxylic acids is 1. The fraction of sp³-hybridized carbons (Fsp3) is 0.406. The molecule has 0 radical (unpaired) electrons. The van der Waals surface area contributed by atoms with Crippen LogP contribution in [-0.4, -0.2) is 47.4 Å². The quantitative estimate of drug-likeness (QED) is 0.273. The molecule has 10 nitrogen and oxygen atoms in total. The molecule has 5 heterocycles. The molecule has 5 aromatic rings. The largest absolute Gasteiger partial charge is 0.356 e. The monoisotopic (exact) mass is 599 g/mol. The van der Waals surface area contributed by atoms with Crippen molar-refractivity contribution in [3.8, 4) is 5.69 Å². The highest BCUT2D eigenvalue weighted by Gasteiger charge is 2.26. The Kier molecular flexibility index (Phi) is 7.48. The van der Waals surface area contributed by atoms with Gasteiger partial charge < -0.3 is 10.1 Å². The van der Waals surface area contributed by atoms with Gasteiger partial charge in [-0.15, -0.1) is 0 Å². The van der Waals surface area contributed by atoms with Gasteiger partial charge in [0, 0.05) is 30.8 Å². The normalized spacial score (nSPS) is 20.9. The Hall–Kier alpha value is -4.02. The van der Waals surface area contributed by atoms with Crippen molar-refractivity contribution in [1.82, 2.24) is 34.2 Å². The van der Waals surface area contributed by atoms with Gasteiger partial charge in [-0.25, -0.2) is 14.5 Å². The molecule has 2 aliphatic rings. The molecule has 1 amide bonds. The number of imidazole rings is 1. The Morgan fingerprint density at radius 3 is 2.63 bits per heavy atom.